The minimum absolute atomic E-state index is 0.641. The summed E-state index contributed by atoms with van der Waals surface area (Å²) < 4.78 is 0. The second-order valence-corrected chi connectivity index (χ2v) is 13.9. The molecule has 0 aliphatic heterocycles. The summed E-state index contributed by atoms with van der Waals surface area (Å²) in [5.74, 6) is 4.83. The zero-order valence-corrected chi connectivity index (χ0v) is 27.7. The van der Waals surface area contributed by atoms with Crippen LogP contribution in [0.5, 0.6) is 0 Å². The van der Waals surface area contributed by atoms with E-state index in [4.69, 9.17) is 12.6 Å². The zero-order valence-electron chi connectivity index (χ0n) is 25.9. The third kappa shape index (κ3) is 17.2. The molecule has 222 valence electrons. The van der Waals surface area contributed by atoms with Crippen LogP contribution >= 0.6 is 25.3 Å². The molecule has 0 heterocycles. The van der Waals surface area contributed by atoms with Gasteiger partial charge in [0.15, 0.2) is 0 Å². The molecule has 0 amide bonds. The van der Waals surface area contributed by atoms with Gasteiger partial charge in [-0.1, -0.05) is 156 Å². The SMILES string of the molecule is CCCCCCCCCC(S)C1C(CCCCCCCCCS)CCC(CCCC)C1CCCCCC. The summed E-state index contributed by atoms with van der Waals surface area (Å²) in [6, 6.07) is 0. The maximum absolute atomic E-state index is 5.45. The van der Waals surface area contributed by atoms with Gasteiger partial charge in [0, 0.05) is 5.25 Å². The first-order valence-electron chi connectivity index (χ1n) is 17.5. The van der Waals surface area contributed by atoms with Gasteiger partial charge in [-0.3, -0.25) is 0 Å². The quantitative estimate of drug-likeness (QED) is 0.0770. The molecule has 0 N–H and O–H groups in total. The van der Waals surface area contributed by atoms with Crippen molar-refractivity contribution in [2.24, 2.45) is 23.7 Å². The van der Waals surface area contributed by atoms with Gasteiger partial charge in [-0.25, -0.2) is 0 Å². The van der Waals surface area contributed by atoms with Crippen LogP contribution in [0.1, 0.15) is 188 Å². The predicted octanol–water partition coefficient (Wildman–Crippen LogP) is 12.9. The van der Waals surface area contributed by atoms with Crippen LogP contribution < -0.4 is 0 Å². The summed E-state index contributed by atoms with van der Waals surface area (Å²) in [5.41, 5.74) is 0. The molecule has 1 rings (SSSR count). The van der Waals surface area contributed by atoms with Crippen LogP contribution in [-0.4, -0.2) is 11.0 Å². The number of rotatable bonds is 26. The second-order valence-electron chi connectivity index (χ2n) is 12.8. The lowest BCUT2D eigenvalue weighted by atomic mass is 9.61. The minimum atomic E-state index is 0.641. The van der Waals surface area contributed by atoms with Crippen molar-refractivity contribution >= 4 is 25.3 Å². The topological polar surface area (TPSA) is 0 Å². The lowest BCUT2D eigenvalue weighted by Crippen LogP contribution is -2.40. The Balaban J connectivity index is 2.70. The fourth-order valence-corrected chi connectivity index (χ4v) is 8.27. The number of unbranched alkanes of at least 4 members (excludes halogenated alkanes) is 16. The summed E-state index contributed by atoms with van der Waals surface area (Å²) in [7, 11) is 0. The standard InChI is InChI=1S/C35H70S2/c1-4-7-10-12-14-18-22-27-34(37)35-32(25-20-17-15-13-16-19-23-30-36)29-28-31(24-9-6-3)33(35)26-21-11-8-5-2/h31-37H,4-30H2,1-3H3. The van der Waals surface area contributed by atoms with Crippen molar-refractivity contribution < 1.29 is 0 Å². The molecule has 0 spiro atoms. The molecule has 5 atom stereocenters. The van der Waals surface area contributed by atoms with Crippen molar-refractivity contribution in [3.05, 3.63) is 0 Å². The van der Waals surface area contributed by atoms with Crippen molar-refractivity contribution in [1.29, 1.82) is 0 Å². The van der Waals surface area contributed by atoms with E-state index < -0.39 is 0 Å². The maximum atomic E-state index is 5.45. The smallest absolute Gasteiger partial charge is 0.00504 e. The van der Waals surface area contributed by atoms with Gasteiger partial charge in [0.05, 0.1) is 0 Å². The Morgan fingerprint density at radius 3 is 1.59 bits per heavy atom. The fourth-order valence-electron chi connectivity index (χ4n) is 7.40. The van der Waals surface area contributed by atoms with Gasteiger partial charge in [-0.2, -0.15) is 25.3 Å². The third-order valence-electron chi connectivity index (χ3n) is 9.65. The van der Waals surface area contributed by atoms with Crippen molar-refractivity contribution in [1.82, 2.24) is 0 Å². The minimum Gasteiger partial charge on any atom is -0.179 e. The monoisotopic (exact) mass is 554 g/mol. The molecule has 0 saturated heterocycles. The molecule has 0 aromatic carbocycles. The van der Waals surface area contributed by atoms with Gasteiger partial charge >= 0.3 is 0 Å². The predicted molar refractivity (Wildman–Crippen MR) is 178 cm³/mol. The van der Waals surface area contributed by atoms with Crippen LogP contribution in [0.2, 0.25) is 0 Å². The summed E-state index contributed by atoms with van der Waals surface area (Å²) in [5, 5.41) is 0.641. The van der Waals surface area contributed by atoms with E-state index in [1.807, 2.05) is 0 Å². The lowest BCUT2D eigenvalue weighted by Gasteiger charge is -2.46. The molecule has 5 unspecified atom stereocenters. The molecule has 37 heavy (non-hydrogen) atoms. The summed E-state index contributed by atoms with van der Waals surface area (Å²) in [6.45, 7) is 7.07. The van der Waals surface area contributed by atoms with Crippen LogP contribution in [0.3, 0.4) is 0 Å². The largest absolute Gasteiger partial charge is 0.179 e. The zero-order chi connectivity index (χ0) is 27.0. The van der Waals surface area contributed by atoms with Gasteiger partial charge in [0.25, 0.3) is 0 Å². The number of hydrogen-bond acceptors (Lipinski definition) is 2. The first kappa shape index (κ1) is 35.7. The Kier molecular flexibility index (Phi) is 24.8. The molecule has 1 aliphatic carbocycles. The van der Waals surface area contributed by atoms with Crippen molar-refractivity contribution in [3.8, 4) is 0 Å². The average Bonchev–Trinajstić information content (AvgIpc) is 2.91. The van der Waals surface area contributed by atoms with Crippen LogP contribution in [-0.2, 0) is 0 Å². The van der Waals surface area contributed by atoms with Gasteiger partial charge in [0.2, 0.25) is 0 Å². The normalized spacial score (nSPS) is 22.9. The highest BCUT2D eigenvalue weighted by molar-refractivity contribution is 7.81. The molecule has 0 radical (unpaired) electrons. The van der Waals surface area contributed by atoms with E-state index in [9.17, 15) is 0 Å². The van der Waals surface area contributed by atoms with Gasteiger partial charge < -0.3 is 0 Å². The Bertz CT molecular complexity index is 464. The van der Waals surface area contributed by atoms with E-state index in [1.54, 1.807) is 0 Å². The highest BCUT2D eigenvalue weighted by Gasteiger charge is 2.41. The summed E-state index contributed by atoms with van der Waals surface area (Å²) in [4.78, 5) is 0. The average molecular weight is 555 g/mol. The molecule has 0 nitrogen and oxygen atoms in total. The summed E-state index contributed by atoms with van der Waals surface area (Å²) in [6.07, 6.45) is 37.3. The van der Waals surface area contributed by atoms with Gasteiger partial charge in [0.1, 0.15) is 0 Å². The van der Waals surface area contributed by atoms with E-state index in [-0.39, 0.29) is 0 Å². The Morgan fingerprint density at radius 2 is 0.973 bits per heavy atom. The van der Waals surface area contributed by atoms with E-state index in [0.29, 0.717) is 5.25 Å². The van der Waals surface area contributed by atoms with Crippen LogP contribution in [0.4, 0.5) is 0 Å². The molecular weight excluding hydrogens is 485 g/mol. The van der Waals surface area contributed by atoms with E-state index in [1.165, 1.54) is 167 Å². The summed E-state index contributed by atoms with van der Waals surface area (Å²) >= 11 is 9.81. The first-order valence-corrected chi connectivity index (χ1v) is 18.6. The molecule has 2 heteroatoms. The molecule has 0 bridgehead atoms. The Labute approximate surface area is 246 Å². The van der Waals surface area contributed by atoms with Gasteiger partial charge in [-0.15, -0.1) is 0 Å². The Morgan fingerprint density at radius 1 is 0.514 bits per heavy atom. The molecule has 0 aromatic heterocycles. The molecule has 1 saturated carbocycles. The highest BCUT2D eigenvalue weighted by Crippen LogP contribution is 2.49. The first-order chi connectivity index (χ1) is 18.2. The van der Waals surface area contributed by atoms with E-state index >= 15 is 0 Å². The molecule has 0 aromatic rings. The number of thiol groups is 2. The highest BCUT2D eigenvalue weighted by atomic mass is 32.1. The van der Waals surface area contributed by atoms with Crippen LogP contribution in [0, 0.1) is 23.7 Å². The van der Waals surface area contributed by atoms with Crippen molar-refractivity contribution in [2.45, 2.75) is 193 Å². The van der Waals surface area contributed by atoms with E-state index in [2.05, 4.69) is 33.4 Å². The van der Waals surface area contributed by atoms with Crippen molar-refractivity contribution in [3.63, 3.8) is 0 Å². The maximum Gasteiger partial charge on any atom is 0.00504 e. The second kappa shape index (κ2) is 25.7. The Hall–Kier alpha value is 0.700. The van der Waals surface area contributed by atoms with Crippen LogP contribution in [0.15, 0.2) is 0 Å². The fraction of sp³-hybridized carbons (Fsp3) is 1.00. The molecular formula is C35H70S2. The van der Waals surface area contributed by atoms with Crippen molar-refractivity contribution in [2.75, 3.05) is 5.75 Å². The third-order valence-corrected chi connectivity index (χ3v) is 10.6. The number of hydrogen-bond donors (Lipinski definition) is 2. The van der Waals surface area contributed by atoms with Crippen LogP contribution in [0.25, 0.3) is 0 Å². The molecule has 1 aliphatic rings. The molecule has 1 fully saturated rings. The van der Waals surface area contributed by atoms with E-state index in [0.717, 1.165) is 29.4 Å². The van der Waals surface area contributed by atoms with Gasteiger partial charge in [-0.05, 0) is 61.5 Å². The lowest BCUT2D eigenvalue weighted by molar-refractivity contribution is 0.0628.